The lowest BCUT2D eigenvalue weighted by molar-refractivity contribution is -0.137. The van der Waals surface area contributed by atoms with Crippen LogP contribution in [0.25, 0.3) is 0 Å². The Morgan fingerprint density at radius 1 is 1.22 bits per heavy atom. The maximum Gasteiger partial charge on any atom is 0.303 e. The molecule has 1 atom stereocenters. The monoisotopic (exact) mass is 248 g/mol. The highest BCUT2D eigenvalue weighted by Crippen LogP contribution is 2.34. The zero-order chi connectivity index (χ0) is 13.0. The Morgan fingerprint density at radius 3 is 2.39 bits per heavy atom. The molecule has 1 aliphatic carbocycles. The first kappa shape index (κ1) is 13.1. The highest BCUT2D eigenvalue weighted by atomic mass is 16.4. The second-order valence-electron chi connectivity index (χ2n) is 5.10. The van der Waals surface area contributed by atoms with Crippen LogP contribution in [-0.4, -0.2) is 16.2 Å². The van der Waals surface area contributed by atoms with Crippen LogP contribution in [0.15, 0.2) is 24.3 Å². The van der Waals surface area contributed by atoms with E-state index < -0.39 is 12.1 Å². The van der Waals surface area contributed by atoms with Gasteiger partial charge >= 0.3 is 5.97 Å². The van der Waals surface area contributed by atoms with Crippen LogP contribution in [0, 0.1) is 0 Å². The standard InChI is InChI=1S/C15H20O3/c16-14(9-10-15(17)18)13-7-5-12(6-8-13)11-3-1-2-4-11/h5-8,11,14,16H,1-4,9-10H2,(H,17,18). The zero-order valence-electron chi connectivity index (χ0n) is 10.5. The van der Waals surface area contributed by atoms with Crippen LogP contribution in [0.5, 0.6) is 0 Å². The lowest BCUT2D eigenvalue weighted by Gasteiger charge is -2.13. The van der Waals surface area contributed by atoms with Gasteiger partial charge in [0, 0.05) is 6.42 Å². The first-order chi connectivity index (χ1) is 8.66. The van der Waals surface area contributed by atoms with E-state index in [9.17, 15) is 9.90 Å². The summed E-state index contributed by atoms with van der Waals surface area (Å²) in [5, 5.41) is 18.4. The van der Waals surface area contributed by atoms with Gasteiger partial charge in [-0.25, -0.2) is 0 Å². The molecule has 3 nitrogen and oxygen atoms in total. The Labute approximate surface area is 107 Å². The minimum Gasteiger partial charge on any atom is -0.481 e. The topological polar surface area (TPSA) is 57.5 Å². The summed E-state index contributed by atoms with van der Waals surface area (Å²) in [4.78, 5) is 10.5. The van der Waals surface area contributed by atoms with Crippen LogP contribution in [0.3, 0.4) is 0 Å². The number of hydrogen-bond donors (Lipinski definition) is 2. The Morgan fingerprint density at radius 2 is 1.83 bits per heavy atom. The minimum absolute atomic E-state index is 0.00550. The van der Waals surface area contributed by atoms with Crippen LogP contribution in [0.2, 0.25) is 0 Å². The number of rotatable bonds is 5. The van der Waals surface area contributed by atoms with Gasteiger partial charge in [-0.15, -0.1) is 0 Å². The molecule has 0 aliphatic heterocycles. The average Bonchev–Trinajstić information content (AvgIpc) is 2.90. The fourth-order valence-electron chi connectivity index (χ4n) is 2.68. The van der Waals surface area contributed by atoms with E-state index in [1.54, 1.807) is 0 Å². The number of carbonyl (C=O) groups is 1. The number of aliphatic hydroxyl groups excluding tert-OH is 1. The Hall–Kier alpha value is -1.35. The molecule has 0 aromatic heterocycles. The van der Waals surface area contributed by atoms with Crippen molar-refractivity contribution in [1.82, 2.24) is 0 Å². The first-order valence-corrected chi connectivity index (χ1v) is 6.66. The Balaban J connectivity index is 1.95. The van der Waals surface area contributed by atoms with Crippen LogP contribution >= 0.6 is 0 Å². The molecule has 0 amide bonds. The van der Waals surface area contributed by atoms with Crippen molar-refractivity contribution in [1.29, 1.82) is 0 Å². The van der Waals surface area contributed by atoms with Crippen molar-refractivity contribution in [2.45, 2.75) is 50.5 Å². The van der Waals surface area contributed by atoms with Crippen LogP contribution < -0.4 is 0 Å². The highest BCUT2D eigenvalue weighted by Gasteiger charge is 2.17. The fourth-order valence-corrected chi connectivity index (χ4v) is 2.68. The molecular weight excluding hydrogens is 228 g/mol. The summed E-state index contributed by atoms with van der Waals surface area (Å²) in [6.07, 6.45) is 4.77. The van der Waals surface area contributed by atoms with Crippen LogP contribution in [0.4, 0.5) is 0 Å². The third-order valence-corrected chi connectivity index (χ3v) is 3.78. The normalized spacial score (nSPS) is 17.8. The van der Waals surface area contributed by atoms with E-state index in [2.05, 4.69) is 12.1 Å². The molecule has 2 N–H and O–H groups in total. The number of benzene rings is 1. The van der Waals surface area contributed by atoms with Gasteiger partial charge in [-0.1, -0.05) is 37.1 Å². The van der Waals surface area contributed by atoms with Gasteiger partial charge in [-0.05, 0) is 36.3 Å². The predicted molar refractivity (Wildman–Crippen MR) is 69.5 cm³/mol. The fraction of sp³-hybridized carbons (Fsp3) is 0.533. The molecular formula is C15H20O3. The third-order valence-electron chi connectivity index (χ3n) is 3.78. The van der Waals surface area contributed by atoms with E-state index in [1.165, 1.54) is 31.2 Å². The molecule has 2 rings (SSSR count). The maximum atomic E-state index is 10.5. The summed E-state index contributed by atoms with van der Waals surface area (Å²) in [7, 11) is 0. The second kappa shape index (κ2) is 6.01. The van der Waals surface area contributed by atoms with Crippen molar-refractivity contribution in [2.24, 2.45) is 0 Å². The summed E-state index contributed by atoms with van der Waals surface area (Å²) in [6.45, 7) is 0. The molecule has 1 unspecified atom stereocenters. The number of hydrogen-bond acceptors (Lipinski definition) is 2. The van der Waals surface area contributed by atoms with E-state index in [0.29, 0.717) is 5.92 Å². The maximum absolute atomic E-state index is 10.5. The number of carboxylic acids is 1. The minimum atomic E-state index is -0.864. The molecule has 18 heavy (non-hydrogen) atoms. The van der Waals surface area contributed by atoms with Crippen molar-refractivity contribution in [3.8, 4) is 0 Å². The summed E-state index contributed by atoms with van der Waals surface area (Å²) < 4.78 is 0. The van der Waals surface area contributed by atoms with Gasteiger partial charge in [0.05, 0.1) is 6.10 Å². The van der Waals surface area contributed by atoms with Gasteiger partial charge in [-0.3, -0.25) is 4.79 Å². The summed E-state index contributed by atoms with van der Waals surface area (Å²) in [6, 6.07) is 8.02. The smallest absolute Gasteiger partial charge is 0.303 e. The number of aliphatic hydroxyl groups is 1. The van der Waals surface area contributed by atoms with E-state index >= 15 is 0 Å². The van der Waals surface area contributed by atoms with Crippen LogP contribution in [0.1, 0.15) is 61.7 Å². The van der Waals surface area contributed by atoms with E-state index in [1.807, 2.05) is 12.1 Å². The van der Waals surface area contributed by atoms with Gasteiger partial charge in [0.1, 0.15) is 0 Å². The quantitative estimate of drug-likeness (QED) is 0.841. The largest absolute Gasteiger partial charge is 0.481 e. The molecule has 0 saturated heterocycles. The predicted octanol–water partition coefficient (Wildman–Crippen LogP) is 3.24. The number of carboxylic acid groups (broad SMARTS) is 1. The van der Waals surface area contributed by atoms with Gasteiger partial charge in [-0.2, -0.15) is 0 Å². The lowest BCUT2D eigenvalue weighted by atomic mass is 9.95. The van der Waals surface area contributed by atoms with Crippen molar-refractivity contribution in [3.05, 3.63) is 35.4 Å². The van der Waals surface area contributed by atoms with E-state index in [4.69, 9.17) is 5.11 Å². The molecule has 1 saturated carbocycles. The van der Waals surface area contributed by atoms with Gasteiger partial charge in [0.2, 0.25) is 0 Å². The van der Waals surface area contributed by atoms with Gasteiger partial charge in [0.25, 0.3) is 0 Å². The molecule has 98 valence electrons. The Kier molecular flexibility index (Phi) is 4.37. The zero-order valence-corrected chi connectivity index (χ0v) is 10.5. The summed E-state index contributed by atoms with van der Waals surface area (Å²) >= 11 is 0. The van der Waals surface area contributed by atoms with E-state index in [-0.39, 0.29) is 12.8 Å². The van der Waals surface area contributed by atoms with Gasteiger partial charge < -0.3 is 10.2 Å². The van der Waals surface area contributed by atoms with Crippen molar-refractivity contribution >= 4 is 5.97 Å². The molecule has 0 heterocycles. The van der Waals surface area contributed by atoms with E-state index in [0.717, 1.165) is 5.56 Å². The second-order valence-corrected chi connectivity index (χ2v) is 5.10. The van der Waals surface area contributed by atoms with Crippen molar-refractivity contribution in [3.63, 3.8) is 0 Å². The first-order valence-electron chi connectivity index (χ1n) is 6.66. The molecule has 0 bridgehead atoms. The van der Waals surface area contributed by atoms with Crippen LogP contribution in [-0.2, 0) is 4.79 Å². The number of aliphatic carboxylic acids is 1. The van der Waals surface area contributed by atoms with Gasteiger partial charge in [0.15, 0.2) is 0 Å². The molecule has 1 fully saturated rings. The SMILES string of the molecule is O=C(O)CCC(O)c1ccc(C2CCCC2)cc1. The lowest BCUT2D eigenvalue weighted by Crippen LogP contribution is -2.03. The molecule has 0 radical (unpaired) electrons. The highest BCUT2D eigenvalue weighted by molar-refractivity contribution is 5.66. The van der Waals surface area contributed by atoms with Crippen molar-refractivity contribution in [2.75, 3.05) is 0 Å². The third kappa shape index (κ3) is 3.33. The average molecular weight is 248 g/mol. The molecule has 3 heteroatoms. The molecule has 1 aliphatic rings. The van der Waals surface area contributed by atoms with Crippen molar-refractivity contribution < 1.29 is 15.0 Å². The summed E-state index contributed by atoms with van der Waals surface area (Å²) in [5.74, 6) is -0.188. The Bertz CT molecular complexity index is 391. The molecule has 0 spiro atoms. The molecule has 1 aromatic rings. The molecule has 1 aromatic carbocycles. The summed E-state index contributed by atoms with van der Waals surface area (Å²) in [5.41, 5.74) is 2.17.